The van der Waals surface area contributed by atoms with Crippen LogP contribution in [0.4, 0.5) is 4.39 Å². The number of halogens is 2. The Bertz CT molecular complexity index is 452. The molecule has 1 aromatic rings. The van der Waals surface area contributed by atoms with Crippen molar-refractivity contribution < 1.29 is 9.13 Å². The van der Waals surface area contributed by atoms with E-state index in [0.717, 1.165) is 18.4 Å². The summed E-state index contributed by atoms with van der Waals surface area (Å²) in [7, 11) is 1.72. The van der Waals surface area contributed by atoms with Gasteiger partial charge in [0.05, 0.1) is 17.2 Å². The molecule has 2 atom stereocenters. The normalized spacial score (nSPS) is 19.4. The summed E-state index contributed by atoms with van der Waals surface area (Å²) in [6.07, 6.45) is 6.67. The maximum atomic E-state index is 13.6. The second-order valence-corrected chi connectivity index (χ2v) is 6.17. The van der Waals surface area contributed by atoms with Gasteiger partial charge in [-0.1, -0.05) is 43.0 Å². The lowest BCUT2D eigenvalue weighted by Crippen LogP contribution is -2.49. The Morgan fingerprint density at radius 3 is 2.71 bits per heavy atom. The largest absolute Gasteiger partial charge is 0.379 e. The molecule has 0 saturated heterocycles. The van der Waals surface area contributed by atoms with Crippen LogP contribution in [0.25, 0.3) is 0 Å². The van der Waals surface area contributed by atoms with E-state index >= 15 is 0 Å². The molecule has 3 nitrogen and oxygen atoms in total. The van der Waals surface area contributed by atoms with Crippen molar-refractivity contribution in [2.24, 2.45) is 11.8 Å². The Morgan fingerprint density at radius 1 is 1.38 bits per heavy atom. The number of rotatable bonds is 6. The fourth-order valence-corrected chi connectivity index (χ4v) is 3.56. The monoisotopic (exact) mass is 314 g/mol. The third-order valence-corrected chi connectivity index (χ3v) is 4.89. The molecule has 0 aliphatic heterocycles. The van der Waals surface area contributed by atoms with Crippen molar-refractivity contribution in [1.29, 1.82) is 0 Å². The van der Waals surface area contributed by atoms with Crippen LogP contribution in [0.15, 0.2) is 18.2 Å². The molecule has 1 aliphatic rings. The lowest BCUT2D eigenvalue weighted by atomic mass is 9.81. The molecule has 0 radical (unpaired) electrons. The van der Waals surface area contributed by atoms with E-state index in [1.54, 1.807) is 13.2 Å². The van der Waals surface area contributed by atoms with E-state index in [2.05, 4.69) is 5.43 Å². The smallest absolute Gasteiger partial charge is 0.142 e. The fraction of sp³-hybridized carbons (Fsp3) is 0.625. The lowest BCUT2D eigenvalue weighted by Gasteiger charge is -2.34. The van der Waals surface area contributed by atoms with E-state index < -0.39 is 5.82 Å². The van der Waals surface area contributed by atoms with Crippen molar-refractivity contribution in [3.05, 3.63) is 34.6 Å². The molecule has 118 valence electrons. The summed E-state index contributed by atoms with van der Waals surface area (Å²) in [6, 6.07) is 4.80. The van der Waals surface area contributed by atoms with Gasteiger partial charge in [-0.2, -0.15) is 0 Å². The van der Waals surface area contributed by atoms with Crippen LogP contribution in [0.1, 0.15) is 37.7 Å². The maximum absolute atomic E-state index is 13.6. The molecule has 0 aromatic heterocycles. The zero-order valence-electron chi connectivity index (χ0n) is 12.4. The molecule has 2 unspecified atom stereocenters. The molecule has 2 rings (SSSR count). The number of hydrogen-bond acceptors (Lipinski definition) is 3. The summed E-state index contributed by atoms with van der Waals surface area (Å²) < 4.78 is 19.3. The van der Waals surface area contributed by atoms with Gasteiger partial charge in [0.1, 0.15) is 5.82 Å². The molecule has 5 heteroatoms. The maximum Gasteiger partial charge on any atom is 0.142 e. The number of methoxy groups -OCH3 is 1. The number of hydrazine groups is 1. The summed E-state index contributed by atoms with van der Waals surface area (Å²) in [5.41, 5.74) is 3.60. The second-order valence-electron chi connectivity index (χ2n) is 5.79. The summed E-state index contributed by atoms with van der Waals surface area (Å²) in [5.74, 6) is 5.83. The van der Waals surface area contributed by atoms with Gasteiger partial charge in [-0.05, 0) is 36.8 Å². The molecule has 0 spiro atoms. The third kappa shape index (κ3) is 4.16. The minimum Gasteiger partial charge on any atom is -0.379 e. The number of ether oxygens (including phenoxy) is 1. The first-order chi connectivity index (χ1) is 10.2. The molecular formula is C16H24ClFN2O. The van der Waals surface area contributed by atoms with E-state index in [4.69, 9.17) is 22.2 Å². The number of nitrogens with one attached hydrogen (secondary N) is 1. The molecule has 21 heavy (non-hydrogen) atoms. The van der Waals surface area contributed by atoms with Crippen LogP contribution < -0.4 is 11.3 Å². The van der Waals surface area contributed by atoms with E-state index in [-0.39, 0.29) is 17.2 Å². The molecule has 0 heterocycles. The third-order valence-electron chi connectivity index (χ3n) is 4.47. The Morgan fingerprint density at radius 2 is 2.10 bits per heavy atom. The average Bonchev–Trinajstić information content (AvgIpc) is 2.52. The Kier molecular flexibility index (Phi) is 6.42. The summed E-state index contributed by atoms with van der Waals surface area (Å²) >= 11 is 6.04. The second kappa shape index (κ2) is 8.08. The van der Waals surface area contributed by atoms with E-state index in [1.807, 2.05) is 6.07 Å². The highest BCUT2D eigenvalue weighted by atomic mass is 35.5. The van der Waals surface area contributed by atoms with Crippen molar-refractivity contribution in [1.82, 2.24) is 5.43 Å². The van der Waals surface area contributed by atoms with Gasteiger partial charge in [-0.25, -0.2) is 4.39 Å². The average molecular weight is 315 g/mol. The van der Waals surface area contributed by atoms with E-state index in [9.17, 15) is 4.39 Å². The number of hydrogen-bond donors (Lipinski definition) is 2. The van der Waals surface area contributed by atoms with Gasteiger partial charge >= 0.3 is 0 Å². The molecule has 1 aromatic carbocycles. The zero-order chi connectivity index (χ0) is 15.2. The number of benzene rings is 1. The van der Waals surface area contributed by atoms with Gasteiger partial charge in [0.25, 0.3) is 0 Å². The quantitative estimate of drug-likeness (QED) is 0.624. The summed E-state index contributed by atoms with van der Waals surface area (Å²) in [5, 5.41) is 0.177. The first-order valence-corrected chi connectivity index (χ1v) is 7.97. The molecule has 1 fully saturated rings. The minimum atomic E-state index is -0.392. The molecule has 0 bridgehead atoms. The van der Waals surface area contributed by atoms with Crippen LogP contribution in [0.5, 0.6) is 0 Å². The summed E-state index contributed by atoms with van der Waals surface area (Å²) in [6.45, 7) is 0. The lowest BCUT2D eigenvalue weighted by molar-refractivity contribution is 0.00826. The van der Waals surface area contributed by atoms with Crippen LogP contribution in [0.3, 0.4) is 0 Å². The van der Waals surface area contributed by atoms with Gasteiger partial charge in [-0.15, -0.1) is 0 Å². The SMILES string of the molecule is COC(C1CCCCC1)C(Cc1cccc(F)c1Cl)NN. The predicted molar refractivity (Wildman–Crippen MR) is 83.6 cm³/mol. The summed E-state index contributed by atoms with van der Waals surface area (Å²) in [4.78, 5) is 0. The van der Waals surface area contributed by atoms with Crippen molar-refractivity contribution in [3.8, 4) is 0 Å². The van der Waals surface area contributed by atoms with Crippen LogP contribution in [0.2, 0.25) is 5.02 Å². The first kappa shape index (κ1) is 16.7. The van der Waals surface area contributed by atoms with E-state index in [0.29, 0.717) is 12.3 Å². The Hall–Kier alpha value is -0.680. The van der Waals surface area contributed by atoms with Gasteiger partial charge in [0.15, 0.2) is 0 Å². The molecule has 1 saturated carbocycles. The van der Waals surface area contributed by atoms with Crippen molar-refractivity contribution in [2.75, 3.05) is 7.11 Å². The van der Waals surface area contributed by atoms with Gasteiger partial charge in [0, 0.05) is 7.11 Å². The Labute approximate surface area is 131 Å². The Balaban J connectivity index is 2.11. The van der Waals surface area contributed by atoms with Gasteiger partial charge in [-0.3, -0.25) is 11.3 Å². The van der Waals surface area contributed by atoms with Crippen molar-refractivity contribution >= 4 is 11.6 Å². The number of nitrogens with two attached hydrogens (primary N) is 1. The molecular weight excluding hydrogens is 291 g/mol. The minimum absolute atomic E-state index is 0.0228. The predicted octanol–water partition coefficient (Wildman–Crippen LogP) is 3.45. The molecule has 0 amide bonds. The first-order valence-electron chi connectivity index (χ1n) is 7.59. The molecule has 3 N–H and O–H groups in total. The highest BCUT2D eigenvalue weighted by Crippen LogP contribution is 2.31. The topological polar surface area (TPSA) is 47.3 Å². The molecule has 1 aliphatic carbocycles. The van der Waals surface area contributed by atoms with Crippen LogP contribution in [-0.2, 0) is 11.2 Å². The van der Waals surface area contributed by atoms with Crippen LogP contribution >= 0.6 is 11.6 Å². The highest BCUT2D eigenvalue weighted by molar-refractivity contribution is 6.31. The van der Waals surface area contributed by atoms with Gasteiger partial charge < -0.3 is 4.74 Å². The van der Waals surface area contributed by atoms with Crippen LogP contribution in [-0.4, -0.2) is 19.3 Å². The highest BCUT2D eigenvalue weighted by Gasteiger charge is 2.30. The zero-order valence-corrected chi connectivity index (χ0v) is 13.2. The van der Waals surface area contributed by atoms with E-state index in [1.165, 1.54) is 25.3 Å². The van der Waals surface area contributed by atoms with Crippen molar-refractivity contribution in [3.63, 3.8) is 0 Å². The standard InChI is InChI=1S/C16H24ClFN2O/c1-21-16(11-6-3-2-4-7-11)14(20-19)10-12-8-5-9-13(18)15(12)17/h5,8-9,11,14,16,20H,2-4,6-7,10,19H2,1H3. The fourth-order valence-electron chi connectivity index (χ4n) is 3.36. The van der Waals surface area contributed by atoms with Crippen molar-refractivity contribution in [2.45, 2.75) is 50.7 Å². The van der Waals surface area contributed by atoms with Gasteiger partial charge in [0.2, 0.25) is 0 Å². The van der Waals surface area contributed by atoms with Crippen LogP contribution in [0, 0.1) is 11.7 Å².